The van der Waals surface area contributed by atoms with Crippen LogP contribution in [0.15, 0.2) is 82.1 Å². The lowest BCUT2D eigenvalue weighted by Gasteiger charge is -2.11. The van der Waals surface area contributed by atoms with Crippen LogP contribution in [0.25, 0.3) is 28.7 Å². The molecular formula is C22H14BrN3O3. The van der Waals surface area contributed by atoms with Crippen molar-refractivity contribution in [1.29, 1.82) is 0 Å². The van der Waals surface area contributed by atoms with Gasteiger partial charge in [-0.25, -0.2) is 4.98 Å². The first-order valence-electron chi connectivity index (χ1n) is 8.73. The largest absolute Gasteiger partial charge is 0.271 e. The molecule has 3 aromatic carbocycles. The summed E-state index contributed by atoms with van der Waals surface area (Å²) in [6, 6.07) is 20.7. The molecule has 0 fully saturated rings. The number of para-hydroxylation sites is 1. The van der Waals surface area contributed by atoms with Gasteiger partial charge in [-0.2, -0.15) is 0 Å². The lowest BCUT2D eigenvalue weighted by molar-refractivity contribution is -0.384. The van der Waals surface area contributed by atoms with Crippen molar-refractivity contribution in [2.75, 3.05) is 0 Å². The molecule has 29 heavy (non-hydrogen) atoms. The number of halogens is 1. The van der Waals surface area contributed by atoms with E-state index in [1.54, 1.807) is 36.4 Å². The van der Waals surface area contributed by atoms with Crippen LogP contribution in [-0.4, -0.2) is 14.5 Å². The molecule has 0 saturated heterocycles. The number of nitrogens with zero attached hydrogens (tertiary/aromatic N) is 3. The zero-order valence-corrected chi connectivity index (χ0v) is 16.6. The molecule has 7 heteroatoms. The zero-order chi connectivity index (χ0) is 20.4. The topological polar surface area (TPSA) is 78.0 Å². The summed E-state index contributed by atoms with van der Waals surface area (Å²) in [4.78, 5) is 28.5. The van der Waals surface area contributed by atoms with Crippen LogP contribution in [0.3, 0.4) is 0 Å². The minimum Gasteiger partial charge on any atom is -0.268 e. The minimum absolute atomic E-state index is 0.0931. The number of fused-ring (bicyclic) bond motifs is 1. The predicted octanol–water partition coefficient (Wildman–Crippen LogP) is 5.23. The summed E-state index contributed by atoms with van der Waals surface area (Å²) in [5, 5.41) is 11.6. The molecule has 4 aromatic rings. The van der Waals surface area contributed by atoms with E-state index < -0.39 is 4.92 Å². The van der Waals surface area contributed by atoms with Crippen molar-refractivity contribution >= 4 is 44.7 Å². The molecule has 1 aromatic heterocycles. The Morgan fingerprint density at radius 2 is 1.76 bits per heavy atom. The second kappa shape index (κ2) is 7.81. The van der Waals surface area contributed by atoms with E-state index >= 15 is 0 Å². The number of hydrogen-bond donors (Lipinski definition) is 0. The van der Waals surface area contributed by atoms with Crippen molar-refractivity contribution in [3.05, 3.63) is 109 Å². The van der Waals surface area contributed by atoms with E-state index in [1.807, 2.05) is 36.4 Å². The monoisotopic (exact) mass is 447 g/mol. The van der Waals surface area contributed by atoms with Crippen molar-refractivity contribution in [3.8, 4) is 5.69 Å². The van der Waals surface area contributed by atoms with E-state index in [4.69, 9.17) is 0 Å². The third kappa shape index (κ3) is 3.86. The molecule has 0 N–H and O–H groups in total. The Morgan fingerprint density at radius 3 is 2.55 bits per heavy atom. The Morgan fingerprint density at radius 1 is 0.966 bits per heavy atom. The lowest BCUT2D eigenvalue weighted by atomic mass is 10.2. The third-order valence-corrected chi connectivity index (χ3v) is 4.87. The molecule has 0 aliphatic carbocycles. The third-order valence-electron chi connectivity index (χ3n) is 4.37. The zero-order valence-electron chi connectivity index (χ0n) is 15.0. The highest BCUT2D eigenvalue weighted by Gasteiger charge is 2.14. The molecule has 0 atom stereocenters. The van der Waals surface area contributed by atoms with Crippen LogP contribution in [0.4, 0.5) is 5.69 Å². The van der Waals surface area contributed by atoms with Gasteiger partial charge in [0.05, 0.1) is 21.5 Å². The molecule has 0 unspecified atom stereocenters. The van der Waals surface area contributed by atoms with E-state index in [-0.39, 0.29) is 11.2 Å². The Bertz CT molecular complexity index is 1330. The first kappa shape index (κ1) is 18.8. The summed E-state index contributed by atoms with van der Waals surface area (Å²) in [6.07, 6.45) is 3.57. The van der Waals surface area contributed by atoms with Gasteiger partial charge in [0.25, 0.3) is 11.2 Å². The number of nitro benzene ring substituents is 1. The average molecular weight is 448 g/mol. The quantitative estimate of drug-likeness (QED) is 0.317. The maximum atomic E-state index is 13.2. The second-order valence-electron chi connectivity index (χ2n) is 6.29. The Hall–Kier alpha value is -3.58. The number of non-ortho nitro benzene ring substituents is 1. The fourth-order valence-corrected chi connectivity index (χ4v) is 3.45. The van der Waals surface area contributed by atoms with Crippen molar-refractivity contribution in [3.63, 3.8) is 0 Å². The van der Waals surface area contributed by atoms with Gasteiger partial charge in [-0.1, -0.05) is 52.3 Å². The molecule has 0 radical (unpaired) electrons. The van der Waals surface area contributed by atoms with Crippen molar-refractivity contribution in [1.82, 2.24) is 9.55 Å². The maximum absolute atomic E-state index is 13.2. The van der Waals surface area contributed by atoms with Crippen LogP contribution in [-0.2, 0) is 0 Å². The number of hydrogen-bond acceptors (Lipinski definition) is 4. The molecule has 0 bridgehead atoms. The van der Waals surface area contributed by atoms with Gasteiger partial charge in [0.15, 0.2) is 0 Å². The molecule has 4 rings (SSSR count). The molecule has 142 valence electrons. The molecule has 1 heterocycles. The van der Waals surface area contributed by atoms with E-state index in [0.29, 0.717) is 22.4 Å². The molecular weight excluding hydrogens is 434 g/mol. The van der Waals surface area contributed by atoms with E-state index in [1.165, 1.54) is 16.7 Å². The summed E-state index contributed by atoms with van der Waals surface area (Å²) in [5.74, 6) is 0.383. The predicted molar refractivity (Wildman–Crippen MR) is 117 cm³/mol. The standard InChI is InChI=1S/C22H14BrN3O3/c23-16-6-3-5-15(13-16)11-12-21-24-20-10-2-1-9-19(20)22(27)25(21)17-7-4-8-18(14-17)26(28)29/h1-14H/b12-11+. The highest BCUT2D eigenvalue weighted by atomic mass is 79.9. The van der Waals surface area contributed by atoms with E-state index in [9.17, 15) is 14.9 Å². The summed E-state index contributed by atoms with van der Waals surface area (Å²) >= 11 is 3.44. The van der Waals surface area contributed by atoms with Gasteiger partial charge in [0, 0.05) is 16.6 Å². The Kier molecular flexibility index (Phi) is 5.05. The average Bonchev–Trinajstić information content (AvgIpc) is 2.72. The van der Waals surface area contributed by atoms with Gasteiger partial charge in [-0.3, -0.25) is 19.5 Å². The van der Waals surface area contributed by atoms with E-state index in [2.05, 4.69) is 20.9 Å². The van der Waals surface area contributed by atoms with Crippen LogP contribution in [0.1, 0.15) is 11.4 Å². The summed E-state index contributed by atoms with van der Waals surface area (Å²) in [5.41, 5.74) is 1.49. The Balaban J connectivity index is 1.95. The number of benzene rings is 3. The first-order chi connectivity index (χ1) is 14.0. The van der Waals surface area contributed by atoms with Gasteiger partial charge in [0.2, 0.25) is 0 Å². The molecule has 0 aliphatic rings. The highest BCUT2D eigenvalue weighted by molar-refractivity contribution is 9.10. The summed E-state index contributed by atoms with van der Waals surface area (Å²) in [7, 11) is 0. The highest BCUT2D eigenvalue weighted by Crippen LogP contribution is 2.20. The van der Waals surface area contributed by atoms with Crippen LogP contribution in [0.5, 0.6) is 0 Å². The Labute approximate surface area is 174 Å². The normalized spacial score (nSPS) is 11.2. The van der Waals surface area contributed by atoms with Gasteiger partial charge in [0.1, 0.15) is 5.82 Å². The number of rotatable bonds is 4. The smallest absolute Gasteiger partial charge is 0.268 e. The lowest BCUT2D eigenvalue weighted by Crippen LogP contribution is -2.22. The van der Waals surface area contributed by atoms with Crippen LogP contribution in [0, 0.1) is 10.1 Å². The van der Waals surface area contributed by atoms with Gasteiger partial charge in [-0.15, -0.1) is 0 Å². The molecule has 6 nitrogen and oxygen atoms in total. The number of aromatic nitrogens is 2. The fraction of sp³-hybridized carbons (Fsp3) is 0. The van der Waals surface area contributed by atoms with Gasteiger partial charge in [-0.05, 0) is 42.0 Å². The van der Waals surface area contributed by atoms with E-state index in [0.717, 1.165) is 10.0 Å². The van der Waals surface area contributed by atoms with Gasteiger partial charge >= 0.3 is 0 Å². The van der Waals surface area contributed by atoms with Crippen molar-refractivity contribution < 1.29 is 4.92 Å². The van der Waals surface area contributed by atoms with Gasteiger partial charge < -0.3 is 0 Å². The number of nitro groups is 1. The SMILES string of the molecule is O=c1c2ccccc2nc(/C=C/c2cccc(Br)c2)n1-c1cccc([N+](=O)[O-])c1. The first-order valence-corrected chi connectivity index (χ1v) is 9.52. The molecule has 0 amide bonds. The summed E-state index contributed by atoms with van der Waals surface area (Å²) in [6.45, 7) is 0. The van der Waals surface area contributed by atoms with Crippen LogP contribution in [0.2, 0.25) is 0 Å². The second-order valence-corrected chi connectivity index (χ2v) is 7.21. The molecule has 0 saturated carbocycles. The van der Waals surface area contributed by atoms with Crippen molar-refractivity contribution in [2.24, 2.45) is 0 Å². The minimum atomic E-state index is -0.486. The maximum Gasteiger partial charge on any atom is 0.271 e. The molecule has 0 spiro atoms. The van der Waals surface area contributed by atoms with Crippen LogP contribution >= 0.6 is 15.9 Å². The van der Waals surface area contributed by atoms with Crippen LogP contribution < -0.4 is 5.56 Å². The summed E-state index contributed by atoms with van der Waals surface area (Å²) < 4.78 is 2.33. The van der Waals surface area contributed by atoms with Crippen molar-refractivity contribution in [2.45, 2.75) is 0 Å². The fourth-order valence-electron chi connectivity index (χ4n) is 3.04. The molecule has 0 aliphatic heterocycles.